The van der Waals surface area contributed by atoms with Gasteiger partial charge in [-0.3, -0.25) is 5.43 Å². The van der Waals surface area contributed by atoms with Crippen molar-refractivity contribution in [2.45, 2.75) is 19.3 Å². The van der Waals surface area contributed by atoms with Crippen LogP contribution in [0.2, 0.25) is 0 Å². The highest BCUT2D eigenvalue weighted by Gasteiger charge is 2.35. The predicted molar refractivity (Wildman–Crippen MR) is 110 cm³/mol. The normalized spacial score (nSPS) is 14.0. The molecule has 0 spiro atoms. The van der Waals surface area contributed by atoms with Gasteiger partial charge in [-0.1, -0.05) is 68.4 Å². The summed E-state index contributed by atoms with van der Waals surface area (Å²) in [4.78, 5) is 9.13. The smallest absolute Gasteiger partial charge is 0.238 e. The van der Waals surface area contributed by atoms with Gasteiger partial charge in [-0.15, -0.1) is 0 Å². The summed E-state index contributed by atoms with van der Waals surface area (Å²) in [6.45, 7) is 4.57. The number of fused-ring (bicyclic) bond motifs is 4. The van der Waals surface area contributed by atoms with E-state index in [9.17, 15) is 0 Å². The van der Waals surface area contributed by atoms with Gasteiger partial charge in [0, 0.05) is 16.4 Å². The zero-order valence-corrected chi connectivity index (χ0v) is 15.3. The predicted octanol–water partition coefficient (Wildman–Crippen LogP) is 4.89. The minimum atomic E-state index is -0.0419. The minimum Gasteiger partial charge on any atom is -0.292 e. The van der Waals surface area contributed by atoms with E-state index in [1.807, 2.05) is 18.2 Å². The monoisotopic (exact) mass is 352 g/mol. The Morgan fingerprint density at radius 3 is 2.41 bits per heavy atom. The Kier molecular flexibility index (Phi) is 3.33. The van der Waals surface area contributed by atoms with Gasteiger partial charge >= 0.3 is 0 Å². The SMILES string of the molecule is CC1(C)c2ccccc2-c2ccc(-c3nc(NN)nc4ccccc34)cc21. The molecule has 0 saturated carbocycles. The number of nitrogen functional groups attached to an aromatic ring is 1. The third-order valence-corrected chi connectivity index (χ3v) is 5.59. The van der Waals surface area contributed by atoms with Crippen LogP contribution in [0.1, 0.15) is 25.0 Å². The van der Waals surface area contributed by atoms with Gasteiger partial charge in [0.05, 0.1) is 11.2 Å². The van der Waals surface area contributed by atoms with E-state index in [0.717, 1.165) is 22.2 Å². The second-order valence-corrected chi connectivity index (χ2v) is 7.49. The van der Waals surface area contributed by atoms with Crippen LogP contribution in [0, 0.1) is 0 Å². The summed E-state index contributed by atoms with van der Waals surface area (Å²) in [6.07, 6.45) is 0. The molecule has 4 nitrogen and oxygen atoms in total. The molecule has 0 amide bonds. The van der Waals surface area contributed by atoms with Crippen LogP contribution in [0.15, 0.2) is 66.7 Å². The van der Waals surface area contributed by atoms with Crippen LogP contribution >= 0.6 is 0 Å². The maximum absolute atomic E-state index is 5.60. The number of rotatable bonds is 2. The zero-order valence-electron chi connectivity index (χ0n) is 15.3. The third-order valence-electron chi connectivity index (χ3n) is 5.59. The number of nitrogens with two attached hydrogens (primary N) is 1. The van der Waals surface area contributed by atoms with Crippen molar-refractivity contribution < 1.29 is 0 Å². The van der Waals surface area contributed by atoms with Crippen molar-refractivity contribution in [1.29, 1.82) is 0 Å². The molecule has 1 aliphatic carbocycles. The molecule has 0 atom stereocenters. The van der Waals surface area contributed by atoms with E-state index in [1.54, 1.807) is 0 Å². The Morgan fingerprint density at radius 2 is 1.56 bits per heavy atom. The summed E-state index contributed by atoms with van der Waals surface area (Å²) >= 11 is 0. The standard InChI is InChI=1S/C23H20N4/c1-23(2)18-9-5-3-7-15(18)16-12-11-14(13-19(16)23)21-17-8-4-6-10-20(17)25-22(26-21)27-24/h3-13H,24H2,1-2H3,(H,25,26,27). The number of anilines is 1. The Bertz CT molecular complexity index is 1190. The second kappa shape index (κ2) is 5.63. The van der Waals surface area contributed by atoms with Gasteiger partial charge in [-0.2, -0.15) is 0 Å². The van der Waals surface area contributed by atoms with Gasteiger partial charge in [0.25, 0.3) is 0 Å². The highest BCUT2D eigenvalue weighted by Crippen LogP contribution is 2.49. The third kappa shape index (κ3) is 2.27. The molecule has 5 rings (SSSR count). The van der Waals surface area contributed by atoms with Crippen molar-refractivity contribution in [3.63, 3.8) is 0 Å². The van der Waals surface area contributed by atoms with Crippen LogP contribution in [0.4, 0.5) is 5.95 Å². The zero-order chi connectivity index (χ0) is 18.6. The van der Waals surface area contributed by atoms with E-state index in [-0.39, 0.29) is 5.41 Å². The molecule has 1 aromatic heterocycles. The summed E-state index contributed by atoms with van der Waals surface area (Å²) in [7, 11) is 0. The number of nitrogens with zero attached hydrogens (tertiary/aromatic N) is 2. The van der Waals surface area contributed by atoms with Crippen molar-refractivity contribution in [3.8, 4) is 22.4 Å². The van der Waals surface area contributed by atoms with E-state index in [1.165, 1.54) is 22.3 Å². The molecular formula is C23H20N4. The lowest BCUT2D eigenvalue weighted by atomic mass is 9.82. The Morgan fingerprint density at radius 1 is 0.815 bits per heavy atom. The molecule has 27 heavy (non-hydrogen) atoms. The molecule has 1 aliphatic rings. The first-order valence-corrected chi connectivity index (χ1v) is 9.08. The quantitative estimate of drug-likeness (QED) is 0.398. The Balaban J connectivity index is 1.77. The molecule has 0 aliphatic heterocycles. The molecule has 3 N–H and O–H groups in total. The van der Waals surface area contributed by atoms with Gasteiger partial charge < -0.3 is 0 Å². The molecule has 0 saturated heterocycles. The van der Waals surface area contributed by atoms with Crippen molar-refractivity contribution >= 4 is 16.9 Å². The van der Waals surface area contributed by atoms with E-state index in [0.29, 0.717) is 5.95 Å². The highest BCUT2D eigenvalue weighted by molar-refractivity contribution is 5.94. The van der Waals surface area contributed by atoms with Gasteiger partial charge in [0.15, 0.2) is 0 Å². The van der Waals surface area contributed by atoms with Crippen LogP contribution in [0.5, 0.6) is 0 Å². The number of para-hydroxylation sites is 1. The van der Waals surface area contributed by atoms with E-state index >= 15 is 0 Å². The number of hydrazine groups is 1. The van der Waals surface area contributed by atoms with Crippen LogP contribution < -0.4 is 11.3 Å². The van der Waals surface area contributed by atoms with E-state index in [4.69, 9.17) is 5.84 Å². The van der Waals surface area contributed by atoms with E-state index < -0.39 is 0 Å². The summed E-state index contributed by atoms with van der Waals surface area (Å²) in [5.41, 5.74) is 10.7. The second-order valence-electron chi connectivity index (χ2n) is 7.49. The number of benzene rings is 3. The summed E-state index contributed by atoms with van der Waals surface area (Å²) < 4.78 is 0. The van der Waals surface area contributed by atoms with Gasteiger partial charge in [0.1, 0.15) is 0 Å². The molecule has 1 heterocycles. The lowest BCUT2D eigenvalue weighted by Gasteiger charge is -2.22. The fraction of sp³-hybridized carbons (Fsp3) is 0.130. The number of aromatic nitrogens is 2. The van der Waals surface area contributed by atoms with Crippen LogP contribution in [-0.4, -0.2) is 9.97 Å². The van der Waals surface area contributed by atoms with Gasteiger partial charge in [0.2, 0.25) is 5.95 Å². The highest BCUT2D eigenvalue weighted by atomic mass is 15.3. The average molecular weight is 352 g/mol. The van der Waals surface area contributed by atoms with Crippen molar-refractivity contribution in [3.05, 3.63) is 77.9 Å². The molecule has 4 heteroatoms. The maximum atomic E-state index is 5.60. The first kappa shape index (κ1) is 16.0. The lowest BCUT2D eigenvalue weighted by molar-refractivity contribution is 0.660. The van der Waals surface area contributed by atoms with E-state index in [2.05, 4.69) is 77.8 Å². The van der Waals surface area contributed by atoms with Crippen LogP contribution in [-0.2, 0) is 5.41 Å². The largest absolute Gasteiger partial charge is 0.292 e. The first-order chi connectivity index (χ1) is 13.1. The molecule has 4 aromatic rings. The molecule has 0 bridgehead atoms. The van der Waals surface area contributed by atoms with Crippen molar-refractivity contribution in [1.82, 2.24) is 9.97 Å². The fourth-order valence-corrected chi connectivity index (χ4v) is 4.21. The maximum Gasteiger partial charge on any atom is 0.238 e. The topological polar surface area (TPSA) is 63.8 Å². The van der Waals surface area contributed by atoms with Crippen LogP contribution in [0.3, 0.4) is 0 Å². The number of hydrogen-bond acceptors (Lipinski definition) is 4. The number of hydrogen-bond donors (Lipinski definition) is 2. The average Bonchev–Trinajstić information content (AvgIpc) is 2.94. The molecular weight excluding hydrogens is 332 g/mol. The molecule has 0 unspecified atom stereocenters. The minimum absolute atomic E-state index is 0.0419. The Labute approximate surface area is 158 Å². The summed E-state index contributed by atoms with van der Waals surface area (Å²) in [6, 6.07) is 23.3. The summed E-state index contributed by atoms with van der Waals surface area (Å²) in [5, 5.41) is 1.02. The van der Waals surface area contributed by atoms with Crippen molar-refractivity contribution in [2.75, 3.05) is 5.43 Å². The molecule has 132 valence electrons. The Hall–Kier alpha value is -3.24. The summed E-state index contributed by atoms with van der Waals surface area (Å²) in [5.74, 6) is 6.03. The fourth-order valence-electron chi connectivity index (χ4n) is 4.21. The lowest BCUT2D eigenvalue weighted by Crippen LogP contribution is -2.15. The van der Waals surface area contributed by atoms with Crippen molar-refractivity contribution in [2.24, 2.45) is 5.84 Å². The van der Waals surface area contributed by atoms with Crippen LogP contribution in [0.25, 0.3) is 33.3 Å². The van der Waals surface area contributed by atoms with Gasteiger partial charge in [-0.25, -0.2) is 15.8 Å². The molecule has 0 radical (unpaired) electrons. The molecule has 0 fully saturated rings. The molecule has 3 aromatic carbocycles. The first-order valence-electron chi connectivity index (χ1n) is 9.08. The van der Waals surface area contributed by atoms with Gasteiger partial charge in [-0.05, 0) is 34.4 Å². The number of nitrogens with one attached hydrogen (secondary N) is 1.